The predicted molar refractivity (Wildman–Crippen MR) is 147 cm³/mol. The predicted octanol–water partition coefficient (Wildman–Crippen LogP) is 4.59. The van der Waals surface area contributed by atoms with Crippen LogP contribution in [0.3, 0.4) is 0 Å². The fourth-order valence-corrected chi connectivity index (χ4v) is 4.90. The van der Waals surface area contributed by atoms with Gasteiger partial charge in [-0.1, -0.05) is 24.3 Å². The van der Waals surface area contributed by atoms with Crippen molar-refractivity contribution in [3.8, 4) is 29.1 Å². The molecule has 3 amide bonds. The molecule has 0 unspecified atom stereocenters. The normalized spacial score (nSPS) is 15.1. The molecular weight excluding hydrogens is 534 g/mol. The smallest absolute Gasteiger partial charge is 0.294 e. The number of benzene rings is 3. The Bertz CT molecular complexity index is 1560. The molecule has 40 heavy (non-hydrogen) atoms. The van der Waals surface area contributed by atoms with Crippen LogP contribution in [0.1, 0.15) is 16.7 Å². The maximum Gasteiger partial charge on any atom is 0.294 e. The van der Waals surface area contributed by atoms with E-state index in [1.165, 1.54) is 7.11 Å². The summed E-state index contributed by atoms with van der Waals surface area (Å²) in [6.07, 6.45) is 1.56. The Morgan fingerprint density at radius 3 is 2.67 bits per heavy atom. The van der Waals surface area contributed by atoms with Crippen LogP contribution in [0.5, 0.6) is 23.0 Å². The number of rotatable bonds is 8. The third-order valence-electron chi connectivity index (χ3n) is 6.01. The van der Waals surface area contributed by atoms with Gasteiger partial charge in [0.2, 0.25) is 5.91 Å². The van der Waals surface area contributed by atoms with Crippen molar-refractivity contribution in [3.63, 3.8) is 0 Å². The Morgan fingerprint density at radius 2 is 1.88 bits per heavy atom. The highest BCUT2D eigenvalue weighted by molar-refractivity contribution is 8.18. The molecule has 2 aliphatic heterocycles. The third-order valence-corrected chi connectivity index (χ3v) is 6.92. The van der Waals surface area contributed by atoms with Crippen molar-refractivity contribution in [1.82, 2.24) is 4.90 Å². The lowest BCUT2D eigenvalue weighted by atomic mass is 10.1. The molecule has 0 aliphatic carbocycles. The number of thioether (sulfide) groups is 1. The maximum atomic E-state index is 13.0. The molecule has 0 spiro atoms. The summed E-state index contributed by atoms with van der Waals surface area (Å²) in [6.45, 7) is 0.601. The number of imide groups is 1. The fraction of sp³-hybridized carbons (Fsp3) is 0.172. The minimum atomic E-state index is -0.570. The Kier molecular flexibility index (Phi) is 7.89. The van der Waals surface area contributed by atoms with E-state index in [4.69, 9.17) is 18.9 Å². The molecule has 10 nitrogen and oxygen atoms in total. The van der Waals surface area contributed by atoms with Crippen LogP contribution in [0.4, 0.5) is 10.5 Å². The van der Waals surface area contributed by atoms with Gasteiger partial charge in [-0.3, -0.25) is 19.3 Å². The van der Waals surface area contributed by atoms with Crippen LogP contribution in [0.2, 0.25) is 0 Å². The van der Waals surface area contributed by atoms with Gasteiger partial charge in [-0.25, -0.2) is 0 Å². The van der Waals surface area contributed by atoms with Crippen LogP contribution in [-0.4, -0.2) is 48.8 Å². The fourth-order valence-electron chi connectivity index (χ4n) is 4.06. The molecule has 2 aliphatic rings. The topological polar surface area (TPSA) is 127 Å². The average Bonchev–Trinajstić information content (AvgIpc) is 3.23. The van der Waals surface area contributed by atoms with E-state index in [1.807, 2.05) is 12.1 Å². The Morgan fingerprint density at radius 1 is 1.07 bits per heavy atom. The Labute approximate surface area is 234 Å². The molecule has 0 bridgehead atoms. The maximum absolute atomic E-state index is 13.0. The van der Waals surface area contributed by atoms with Gasteiger partial charge in [0.15, 0.2) is 23.0 Å². The molecule has 5 rings (SSSR count). The molecular formula is C29H23N3O7S. The molecule has 3 aromatic rings. The number of hydrogen-bond donors (Lipinski definition) is 1. The number of fused-ring (bicyclic) bond motifs is 1. The summed E-state index contributed by atoms with van der Waals surface area (Å²) in [5.41, 5.74) is 2.33. The lowest BCUT2D eigenvalue weighted by molar-refractivity contribution is -0.127. The number of nitriles is 1. The molecule has 1 saturated heterocycles. The van der Waals surface area contributed by atoms with Crippen LogP contribution < -0.4 is 24.3 Å². The molecule has 0 atom stereocenters. The van der Waals surface area contributed by atoms with Crippen molar-refractivity contribution in [3.05, 3.63) is 82.3 Å². The lowest BCUT2D eigenvalue weighted by Gasteiger charge is -2.19. The van der Waals surface area contributed by atoms with Crippen molar-refractivity contribution < 1.29 is 33.3 Å². The zero-order chi connectivity index (χ0) is 28.1. The summed E-state index contributed by atoms with van der Waals surface area (Å²) in [6, 6.07) is 19.3. The van der Waals surface area contributed by atoms with Gasteiger partial charge in [-0.05, 0) is 53.7 Å². The Hall–Kier alpha value is -4.95. The molecule has 2 heterocycles. The van der Waals surface area contributed by atoms with Gasteiger partial charge >= 0.3 is 0 Å². The van der Waals surface area contributed by atoms with E-state index in [0.717, 1.165) is 22.2 Å². The molecule has 202 valence electrons. The van der Waals surface area contributed by atoms with Crippen molar-refractivity contribution in [2.24, 2.45) is 0 Å². The van der Waals surface area contributed by atoms with E-state index in [0.29, 0.717) is 53.0 Å². The number of nitrogens with zero attached hydrogens (tertiary/aromatic N) is 2. The number of amides is 3. The summed E-state index contributed by atoms with van der Waals surface area (Å²) in [7, 11) is 1.49. The number of hydrogen-bond acceptors (Lipinski definition) is 9. The summed E-state index contributed by atoms with van der Waals surface area (Å²) in [5.74, 6) is 0.872. The first-order valence-corrected chi connectivity index (χ1v) is 13.0. The molecule has 1 N–H and O–H groups in total. The summed E-state index contributed by atoms with van der Waals surface area (Å²) in [5, 5.41) is 11.4. The largest absolute Gasteiger partial charge is 0.493 e. The van der Waals surface area contributed by atoms with Gasteiger partial charge in [0.05, 0.1) is 23.6 Å². The van der Waals surface area contributed by atoms with Gasteiger partial charge in [0, 0.05) is 17.3 Å². The summed E-state index contributed by atoms with van der Waals surface area (Å²) in [4.78, 5) is 39.2. The molecule has 3 aromatic carbocycles. The van der Waals surface area contributed by atoms with Crippen molar-refractivity contribution in [2.75, 3.05) is 32.2 Å². The van der Waals surface area contributed by atoms with Gasteiger partial charge in [0.1, 0.15) is 26.4 Å². The molecule has 0 radical (unpaired) electrons. The van der Waals surface area contributed by atoms with Crippen molar-refractivity contribution in [2.45, 2.75) is 6.61 Å². The summed E-state index contributed by atoms with van der Waals surface area (Å²) < 4.78 is 22.3. The van der Waals surface area contributed by atoms with Gasteiger partial charge in [-0.15, -0.1) is 0 Å². The minimum absolute atomic E-state index is 0.173. The van der Waals surface area contributed by atoms with E-state index in [2.05, 4.69) is 11.4 Å². The van der Waals surface area contributed by atoms with Crippen LogP contribution in [0.15, 0.2) is 65.6 Å². The number of nitrogens with one attached hydrogen (secondary N) is 1. The number of ether oxygens (including phenoxy) is 4. The van der Waals surface area contributed by atoms with E-state index in [9.17, 15) is 19.6 Å². The van der Waals surface area contributed by atoms with Crippen LogP contribution in [-0.2, 0) is 16.2 Å². The average molecular weight is 558 g/mol. The van der Waals surface area contributed by atoms with E-state index in [1.54, 1.807) is 54.6 Å². The number of carbonyl (C=O) groups excluding carboxylic acids is 3. The van der Waals surface area contributed by atoms with Crippen LogP contribution in [0, 0.1) is 11.3 Å². The second-order valence-electron chi connectivity index (χ2n) is 8.64. The van der Waals surface area contributed by atoms with Crippen LogP contribution >= 0.6 is 11.8 Å². The number of methoxy groups -OCH3 is 1. The monoisotopic (exact) mass is 557 g/mol. The third kappa shape index (κ3) is 5.87. The first kappa shape index (κ1) is 26.6. The highest BCUT2D eigenvalue weighted by atomic mass is 32.2. The Balaban J connectivity index is 1.24. The standard InChI is InChI=1S/C29H23N3O7S/c1-36-24-12-18(6-8-22(24)39-17-20-5-3-2-4-19(20)15-30)13-26-28(34)32(29(35)40-26)16-27(33)31-21-7-9-23-25(14-21)38-11-10-37-23/h2-9,12-14H,10-11,16-17H2,1H3,(H,31,33)/b26-13-. The SMILES string of the molecule is COc1cc(/C=C2\SC(=O)N(CC(=O)Nc3ccc4c(c3)OCCO4)C2=O)ccc1OCc1ccccc1C#N. The van der Waals surface area contributed by atoms with E-state index in [-0.39, 0.29) is 11.5 Å². The van der Waals surface area contributed by atoms with Crippen LogP contribution in [0.25, 0.3) is 6.08 Å². The van der Waals surface area contributed by atoms with Crippen molar-refractivity contribution in [1.29, 1.82) is 5.26 Å². The second-order valence-corrected chi connectivity index (χ2v) is 9.64. The molecule has 0 aromatic heterocycles. The minimum Gasteiger partial charge on any atom is -0.493 e. The van der Waals surface area contributed by atoms with Crippen molar-refractivity contribution >= 4 is 40.6 Å². The quantitative estimate of drug-likeness (QED) is 0.396. The number of carbonyl (C=O) groups is 3. The first-order chi connectivity index (χ1) is 19.4. The second kappa shape index (κ2) is 11.8. The van der Waals surface area contributed by atoms with E-state index >= 15 is 0 Å². The first-order valence-electron chi connectivity index (χ1n) is 12.2. The highest BCUT2D eigenvalue weighted by Crippen LogP contribution is 2.35. The zero-order valence-electron chi connectivity index (χ0n) is 21.3. The zero-order valence-corrected chi connectivity index (χ0v) is 22.2. The highest BCUT2D eigenvalue weighted by Gasteiger charge is 2.36. The lowest BCUT2D eigenvalue weighted by Crippen LogP contribution is -2.36. The van der Waals surface area contributed by atoms with E-state index < -0.39 is 23.6 Å². The number of anilines is 1. The van der Waals surface area contributed by atoms with Gasteiger partial charge in [-0.2, -0.15) is 5.26 Å². The molecule has 1 fully saturated rings. The van der Waals surface area contributed by atoms with Gasteiger partial charge < -0.3 is 24.3 Å². The molecule has 11 heteroatoms. The van der Waals surface area contributed by atoms with Gasteiger partial charge in [0.25, 0.3) is 11.1 Å². The summed E-state index contributed by atoms with van der Waals surface area (Å²) >= 11 is 0.752. The molecule has 0 saturated carbocycles.